The highest BCUT2D eigenvalue weighted by molar-refractivity contribution is 5.97. The summed E-state index contributed by atoms with van der Waals surface area (Å²) in [6.45, 7) is 1.97. The molecule has 0 radical (unpaired) electrons. The van der Waals surface area contributed by atoms with E-state index in [0.29, 0.717) is 0 Å². The lowest BCUT2D eigenvalue weighted by molar-refractivity contribution is -0.117. The van der Waals surface area contributed by atoms with Gasteiger partial charge < -0.3 is 15.7 Å². The summed E-state index contributed by atoms with van der Waals surface area (Å²) < 4.78 is 0. The predicted octanol–water partition coefficient (Wildman–Crippen LogP) is 4.28. The Morgan fingerprint density at radius 3 is 2.35 bits per heavy atom. The number of nitrogens with one attached hydrogen (secondary N) is 2. The van der Waals surface area contributed by atoms with Crippen molar-refractivity contribution in [1.29, 1.82) is 0 Å². The number of aliphatic hydroxyl groups is 1. The Balaban J connectivity index is 1.85. The number of anilines is 2. The lowest BCUT2D eigenvalue weighted by atomic mass is 10.0. The quantitative estimate of drug-likeness (QED) is 0.624. The van der Waals surface area contributed by atoms with Gasteiger partial charge in [-0.2, -0.15) is 0 Å². The third-order valence-corrected chi connectivity index (χ3v) is 4.13. The number of aryl methyl sites for hydroxylation is 1. The summed E-state index contributed by atoms with van der Waals surface area (Å²) in [5, 5.41) is 15.6. The maximum atomic E-state index is 12.9. The number of hydrogen-bond acceptors (Lipinski definition) is 3. The average Bonchev–Trinajstić information content (AvgIpc) is 2.68. The molecule has 4 heteroatoms. The molecular formula is C22H22N2O2. The van der Waals surface area contributed by atoms with Crippen molar-refractivity contribution < 1.29 is 9.90 Å². The molecule has 0 aliphatic heterocycles. The van der Waals surface area contributed by atoms with Gasteiger partial charge in [-0.3, -0.25) is 4.79 Å². The zero-order chi connectivity index (χ0) is 18.4. The summed E-state index contributed by atoms with van der Waals surface area (Å²) in [7, 11) is 0. The number of carbonyl (C=O) groups is 1. The second-order valence-electron chi connectivity index (χ2n) is 6.20. The topological polar surface area (TPSA) is 61.4 Å². The van der Waals surface area contributed by atoms with Gasteiger partial charge in [-0.15, -0.1) is 0 Å². The highest BCUT2D eigenvalue weighted by Gasteiger charge is 2.20. The van der Waals surface area contributed by atoms with Gasteiger partial charge in [0.1, 0.15) is 6.04 Å². The molecule has 3 rings (SSSR count). The number of rotatable bonds is 6. The van der Waals surface area contributed by atoms with E-state index in [2.05, 4.69) is 10.6 Å². The van der Waals surface area contributed by atoms with Crippen LogP contribution in [0.2, 0.25) is 0 Å². The van der Waals surface area contributed by atoms with Gasteiger partial charge in [-0.25, -0.2) is 0 Å². The smallest absolute Gasteiger partial charge is 0.251 e. The maximum absolute atomic E-state index is 12.9. The summed E-state index contributed by atoms with van der Waals surface area (Å²) in [6, 6.07) is 24.2. The highest BCUT2D eigenvalue weighted by Crippen LogP contribution is 2.22. The highest BCUT2D eigenvalue weighted by atomic mass is 16.3. The first-order valence-corrected chi connectivity index (χ1v) is 8.54. The van der Waals surface area contributed by atoms with E-state index in [9.17, 15) is 9.90 Å². The Morgan fingerprint density at radius 1 is 0.923 bits per heavy atom. The van der Waals surface area contributed by atoms with Crippen LogP contribution in [-0.4, -0.2) is 11.0 Å². The molecule has 3 aromatic carbocycles. The fraction of sp³-hybridized carbons (Fsp3) is 0.136. The van der Waals surface area contributed by atoms with Crippen molar-refractivity contribution in [3.05, 3.63) is 95.6 Å². The van der Waals surface area contributed by atoms with Gasteiger partial charge in [0, 0.05) is 11.4 Å². The third kappa shape index (κ3) is 4.49. The lowest BCUT2D eigenvalue weighted by Gasteiger charge is -2.20. The number of amides is 1. The van der Waals surface area contributed by atoms with E-state index in [1.165, 1.54) is 0 Å². The van der Waals surface area contributed by atoms with Crippen molar-refractivity contribution in [2.45, 2.75) is 19.6 Å². The molecule has 1 amide bonds. The zero-order valence-electron chi connectivity index (χ0n) is 14.6. The number of benzene rings is 3. The monoisotopic (exact) mass is 346 g/mol. The molecule has 0 spiro atoms. The standard InChI is InChI=1S/C22H22N2O2/c1-16-10-12-19(13-11-16)24-22(26)21(18-7-3-2-4-8-18)23-20-9-5-6-17(14-20)15-25/h2-14,21,23,25H,15H2,1H3,(H,24,26)/t21-/m1/s1. The molecule has 1 atom stereocenters. The van der Waals surface area contributed by atoms with Gasteiger partial charge >= 0.3 is 0 Å². The lowest BCUT2D eigenvalue weighted by Crippen LogP contribution is -2.27. The van der Waals surface area contributed by atoms with Crippen LogP contribution in [-0.2, 0) is 11.4 Å². The van der Waals surface area contributed by atoms with Crippen LogP contribution in [0.5, 0.6) is 0 Å². The predicted molar refractivity (Wildman–Crippen MR) is 105 cm³/mol. The Kier molecular flexibility index (Phi) is 5.66. The fourth-order valence-electron chi connectivity index (χ4n) is 2.72. The van der Waals surface area contributed by atoms with Crippen molar-refractivity contribution in [3.8, 4) is 0 Å². The number of carbonyl (C=O) groups excluding carboxylic acids is 1. The summed E-state index contributed by atoms with van der Waals surface area (Å²) in [6.07, 6.45) is 0. The maximum Gasteiger partial charge on any atom is 0.251 e. The molecule has 0 fully saturated rings. The van der Waals surface area contributed by atoms with Crippen molar-refractivity contribution >= 4 is 17.3 Å². The third-order valence-electron chi connectivity index (χ3n) is 4.13. The number of hydrogen-bond donors (Lipinski definition) is 3. The molecule has 0 saturated carbocycles. The van der Waals surface area contributed by atoms with Crippen LogP contribution in [0.25, 0.3) is 0 Å². The van der Waals surface area contributed by atoms with Crippen LogP contribution in [0.3, 0.4) is 0 Å². The second-order valence-corrected chi connectivity index (χ2v) is 6.20. The minimum absolute atomic E-state index is 0.0406. The Bertz CT molecular complexity index is 861. The molecule has 0 saturated heterocycles. The van der Waals surface area contributed by atoms with Crippen molar-refractivity contribution in [2.75, 3.05) is 10.6 Å². The van der Waals surface area contributed by atoms with Gasteiger partial charge in [0.2, 0.25) is 0 Å². The van der Waals surface area contributed by atoms with Gasteiger partial charge in [-0.1, -0.05) is 60.2 Å². The minimum Gasteiger partial charge on any atom is -0.392 e. The molecule has 26 heavy (non-hydrogen) atoms. The molecule has 4 nitrogen and oxygen atoms in total. The van der Waals surface area contributed by atoms with Gasteiger partial charge in [0.15, 0.2) is 0 Å². The molecule has 0 aliphatic rings. The molecule has 0 heterocycles. The molecule has 0 aromatic heterocycles. The summed E-state index contributed by atoms with van der Waals surface area (Å²) >= 11 is 0. The number of aliphatic hydroxyl groups excluding tert-OH is 1. The molecule has 0 aliphatic carbocycles. The van der Waals surface area contributed by atoms with E-state index in [4.69, 9.17) is 0 Å². The van der Waals surface area contributed by atoms with E-state index < -0.39 is 6.04 Å². The van der Waals surface area contributed by atoms with E-state index >= 15 is 0 Å². The van der Waals surface area contributed by atoms with E-state index in [1.807, 2.05) is 85.8 Å². The van der Waals surface area contributed by atoms with Crippen LogP contribution < -0.4 is 10.6 Å². The van der Waals surface area contributed by atoms with Crippen molar-refractivity contribution in [3.63, 3.8) is 0 Å². The van der Waals surface area contributed by atoms with Gasteiger partial charge in [0.05, 0.1) is 6.61 Å². The van der Waals surface area contributed by atoms with Crippen LogP contribution in [0, 0.1) is 6.92 Å². The SMILES string of the molecule is Cc1ccc(NC(=O)[C@H](Nc2cccc(CO)c2)c2ccccc2)cc1. The first kappa shape index (κ1) is 17.7. The molecule has 132 valence electrons. The summed E-state index contributed by atoms with van der Waals surface area (Å²) in [5.74, 6) is -0.144. The second kappa shape index (κ2) is 8.32. The Morgan fingerprint density at radius 2 is 1.65 bits per heavy atom. The van der Waals surface area contributed by atoms with Gasteiger partial charge in [-0.05, 0) is 42.3 Å². The van der Waals surface area contributed by atoms with Crippen LogP contribution in [0.15, 0.2) is 78.9 Å². The average molecular weight is 346 g/mol. The molecule has 3 aromatic rings. The van der Waals surface area contributed by atoms with E-state index in [1.54, 1.807) is 0 Å². The minimum atomic E-state index is -0.550. The summed E-state index contributed by atoms with van der Waals surface area (Å²) in [5.41, 5.74) is 4.34. The van der Waals surface area contributed by atoms with Crippen molar-refractivity contribution in [1.82, 2.24) is 0 Å². The van der Waals surface area contributed by atoms with Gasteiger partial charge in [0.25, 0.3) is 5.91 Å². The van der Waals surface area contributed by atoms with Crippen LogP contribution in [0.4, 0.5) is 11.4 Å². The van der Waals surface area contributed by atoms with E-state index in [0.717, 1.165) is 28.1 Å². The molecule has 3 N–H and O–H groups in total. The van der Waals surface area contributed by atoms with E-state index in [-0.39, 0.29) is 12.5 Å². The van der Waals surface area contributed by atoms with Crippen molar-refractivity contribution in [2.24, 2.45) is 0 Å². The normalized spacial score (nSPS) is 11.6. The molecule has 0 unspecified atom stereocenters. The van der Waals surface area contributed by atoms with Crippen LogP contribution in [0.1, 0.15) is 22.7 Å². The fourth-order valence-corrected chi connectivity index (χ4v) is 2.72. The first-order chi connectivity index (χ1) is 12.7. The van der Waals surface area contributed by atoms with Crippen LogP contribution >= 0.6 is 0 Å². The first-order valence-electron chi connectivity index (χ1n) is 8.54. The molecular weight excluding hydrogens is 324 g/mol. The zero-order valence-corrected chi connectivity index (χ0v) is 14.6. The Hall–Kier alpha value is -3.11. The molecule has 0 bridgehead atoms. The summed E-state index contributed by atoms with van der Waals surface area (Å²) in [4.78, 5) is 12.9. The Labute approximate surface area is 153 Å². The largest absolute Gasteiger partial charge is 0.392 e.